The molecular formula is C15H23NO2. The number of hydrogen-bond donors (Lipinski definition) is 0. The zero-order chi connectivity index (χ0) is 13.4. The van der Waals surface area contributed by atoms with Crippen LogP contribution in [0.25, 0.3) is 0 Å². The van der Waals surface area contributed by atoms with Gasteiger partial charge in [-0.3, -0.25) is 4.90 Å². The van der Waals surface area contributed by atoms with Crippen molar-refractivity contribution in [3.8, 4) is 0 Å². The molecule has 0 aliphatic carbocycles. The second-order valence-electron chi connectivity index (χ2n) is 4.37. The van der Waals surface area contributed by atoms with Gasteiger partial charge in [-0.1, -0.05) is 38.5 Å². The highest BCUT2D eigenvalue weighted by Gasteiger charge is 2.12. The summed E-state index contributed by atoms with van der Waals surface area (Å²) in [6, 6.07) is 7.67. The van der Waals surface area contributed by atoms with E-state index in [2.05, 4.69) is 18.7 Å². The minimum atomic E-state index is -0.253. The van der Waals surface area contributed by atoms with Gasteiger partial charge >= 0.3 is 5.97 Å². The van der Waals surface area contributed by atoms with Gasteiger partial charge in [-0.05, 0) is 31.1 Å². The Morgan fingerprint density at radius 2 is 2.00 bits per heavy atom. The molecule has 1 aromatic rings. The Hall–Kier alpha value is -1.35. The SMILES string of the molecule is CCCCN(CC)Cc1ccccc1C(=O)OC. The van der Waals surface area contributed by atoms with Crippen molar-refractivity contribution in [2.45, 2.75) is 33.2 Å². The smallest absolute Gasteiger partial charge is 0.338 e. The van der Waals surface area contributed by atoms with Crippen LogP contribution in [-0.4, -0.2) is 31.1 Å². The fourth-order valence-corrected chi connectivity index (χ4v) is 1.94. The summed E-state index contributed by atoms with van der Waals surface area (Å²) in [5, 5.41) is 0. The van der Waals surface area contributed by atoms with E-state index in [1.165, 1.54) is 20.0 Å². The quantitative estimate of drug-likeness (QED) is 0.695. The Morgan fingerprint density at radius 1 is 1.28 bits per heavy atom. The first-order valence-electron chi connectivity index (χ1n) is 6.61. The highest BCUT2D eigenvalue weighted by atomic mass is 16.5. The van der Waals surface area contributed by atoms with E-state index in [0.29, 0.717) is 5.56 Å². The molecule has 0 atom stereocenters. The molecule has 0 aliphatic rings. The third-order valence-electron chi connectivity index (χ3n) is 3.09. The van der Waals surface area contributed by atoms with Crippen molar-refractivity contribution in [1.82, 2.24) is 4.90 Å². The normalized spacial score (nSPS) is 10.7. The fourth-order valence-electron chi connectivity index (χ4n) is 1.94. The third kappa shape index (κ3) is 4.15. The van der Waals surface area contributed by atoms with Gasteiger partial charge in [-0.25, -0.2) is 4.79 Å². The summed E-state index contributed by atoms with van der Waals surface area (Å²) in [4.78, 5) is 14.0. The van der Waals surface area contributed by atoms with Gasteiger partial charge in [0.2, 0.25) is 0 Å². The van der Waals surface area contributed by atoms with Gasteiger partial charge < -0.3 is 4.74 Å². The zero-order valence-electron chi connectivity index (χ0n) is 11.6. The first-order valence-corrected chi connectivity index (χ1v) is 6.61. The van der Waals surface area contributed by atoms with Crippen molar-refractivity contribution < 1.29 is 9.53 Å². The Morgan fingerprint density at radius 3 is 2.61 bits per heavy atom. The van der Waals surface area contributed by atoms with Crippen molar-refractivity contribution in [2.24, 2.45) is 0 Å². The van der Waals surface area contributed by atoms with Crippen molar-refractivity contribution in [3.05, 3.63) is 35.4 Å². The molecule has 18 heavy (non-hydrogen) atoms. The van der Waals surface area contributed by atoms with Gasteiger partial charge in [-0.15, -0.1) is 0 Å². The van der Waals surface area contributed by atoms with Crippen molar-refractivity contribution in [2.75, 3.05) is 20.2 Å². The summed E-state index contributed by atoms with van der Waals surface area (Å²) >= 11 is 0. The molecule has 0 heterocycles. The first-order chi connectivity index (χ1) is 8.72. The minimum Gasteiger partial charge on any atom is -0.465 e. The van der Waals surface area contributed by atoms with Crippen LogP contribution in [0, 0.1) is 0 Å². The number of rotatable bonds is 7. The van der Waals surface area contributed by atoms with Crippen LogP contribution in [0.5, 0.6) is 0 Å². The van der Waals surface area contributed by atoms with Gasteiger partial charge in [0.1, 0.15) is 0 Å². The number of hydrogen-bond acceptors (Lipinski definition) is 3. The molecule has 3 nitrogen and oxygen atoms in total. The molecule has 0 amide bonds. The Kier molecular flexibility index (Phi) is 6.44. The predicted molar refractivity (Wildman–Crippen MR) is 73.6 cm³/mol. The van der Waals surface area contributed by atoms with E-state index in [4.69, 9.17) is 4.74 Å². The molecule has 1 rings (SSSR count). The van der Waals surface area contributed by atoms with Crippen molar-refractivity contribution in [1.29, 1.82) is 0 Å². The lowest BCUT2D eigenvalue weighted by Gasteiger charge is -2.21. The number of methoxy groups -OCH3 is 1. The third-order valence-corrected chi connectivity index (χ3v) is 3.09. The van der Waals surface area contributed by atoms with Crippen LogP contribution in [0.3, 0.4) is 0 Å². The second-order valence-corrected chi connectivity index (χ2v) is 4.37. The summed E-state index contributed by atoms with van der Waals surface area (Å²) in [5.41, 5.74) is 1.72. The van der Waals surface area contributed by atoms with Crippen LogP contribution in [0.15, 0.2) is 24.3 Å². The van der Waals surface area contributed by atoms with Crippen LogP contribution >= 0.6 is 0 Å². The number of carbonyl (C=O) groups excluding carboxylic acids is 1. The summed E-state index contributed by atoms with van der Waals surface area (Å²) in [6.07, 6.45) is 2.38. The predicted octanol–water partition coefficient (Wildman–Crippen LogP) is 3.10. The maximum absolute atomic E-state index is 11.7. The molecule has 0 aromatic heterocycles. The van der Waals surface area contributed by atoms with E-state index in [1.807, 2.05) is 24.3 Å². The topological polar surface area (TPSA) is 29.5 Å². The maximum Gasteiger partial charge on any atom is 0.338 e. The standard InChI is InChI=1S/C15H23NO2/c1-4-6-11-16(5-2)12-13-9-7-8-10-14(13)15(17)18-3/h7-10H,4-6,11-12H2,1-3H3. The molecule has 100 valence electrons. The molecule has 1 aromatic carbocycles. The number of benzene rings is 1. The number of unbranched alkanes of at least 4 members (excludes halogenated alkanes) is 1. The largest absolute Gasteiger partial charge is 0.465 e. The lowest BCUT2D eigenvalue weighted by atomic mass is 10.1. The average molecular weight is 249 g/mol. The van der Waals surface area contributed by atoms with Gasteiger partial charge in [0.25, 0.3) is 0 Å². The molecular weight excluding hydrogens is 226 g/mol. The van der Waals surface area contributed by atoms with Crippen LogP contribution in [0.4, 0.5) is 0 Å². The van der Waals surface area contributed by atoms with E-state index < -0.39 is 0 Å². The number of nitrogens with zero attached hydrogens (tertiary/aromatic N) is 1. The molecule has 3 heteroatoms. The summed E-state index contributed by atoms with van der Waals surface area (Å²) in [5.74, 6) is -0.253. The van der Waals surface area contributed by atoms with Gasteiger partial charge in [0, 0.05) is 6.54 Å². The molecule has 0 saturated carbocycles. The van der Waals surface area contributed by atoms with Crippen LogP contribution in [-0.2, 0) is 11.3 Å². The van der Waals surface area contributed by atoms with Crippen LogP contribution in [0.2, 0.25) is 0 Å². The van der Waals surface area contributed by atoms with E-state index in [1.54, 1.807) is 0 Å². The highest BCUT2D eigenvalue weighted by molar-refractivity contribution is 5.90. The molecule has 0 fully saturated rings. The van der Waals surface area contributed by atoms with Gasteiger partial charge in [-0.2, -0.15) is 0 Å². The van der Waals surface area contributed by atoms with Gasteiger partial charge in [0.05, 0.1) is 12.7 Å². The number of esters is 1. The Bertz CT molecular complexity index is 377. The Balaban J connectivity index is 2.78. The molecule has 0 unspecified atom stereocenters. The lowest BCUT2D eigenvalue weighted by molar-refractivity contribution is 0.0598. The molecule has 0 spiro atoms. The highest BCUT2D eigenvalue weighted by Crippen LogP contribution is 2.13. The van der Waals surface area contributed by atoms with Crippen molar-refractivity contribution >= 4 is 5.97 Å². The van der Waals surface area contributed by atoms with Gasteiger partial charge in [0.15, 0.2) is 0 Å². The average Bonchev–Trinajstić information content (AvgIpc) is 2.43. The van der Waals surface area contributed by atoms with Crippen LogP contribution < -0.4 is 0 Å². The van der Waals surface area contributed by atoms with E-state index in [9.17, 15) is 4.79 Å². The number of carbonyl (C=O) groups is 1. The summed E-state index contributed by atoms with van der Waals surface area (Å²) < 4.78 is 4.82. The maximum atomic E-state index is 11.7. The zero-order valence-corrected chi connectivity index (χ0v) is 11.6. The van der Waals surface area contributed by atoms with E-state index in [-0.39, 0.29) is 5.97 Å². The molecule has 0 radical (unpaired) electrons. The minimum absolute atomic E-state index is 0.253. The summed E-state index contributed by atoms with van der Waals surface area (Å²) in [7, 11) is 1.42. The van der Waals surface area contributed by atoms with E-state index >= 15 is 0 Å². The molecule has 0 saturated heterocycles. The number of ether oxygens (including phenoxy) is 1. The fraction of sp³-hybridized carbons (Fsp3) is 0.533. The van der Waals surface area contributed by atoms with E-state index in [0.717, 1.165) is 25.2 Å². The Labute approximate surface area is 110 Å². The molecule has 0 aliphatic heterocycles. The van der Waals surface area contributed by atoms with Crippen molar-refractivity contribution in [3.63, 3.8) is 0 Å². The molecule has 0 N–H and O–H groups in total. The van der Waals surface area contributed by atoms with Crippen LogP contribution in [0.1, 0.15) is 42.6 Å². The first kappa shape index (κ1) is 14.7. The monoisotopic (exact) mass is 249 g/mol. The summed E-state index contributed by atoms with van der Waals surface area (Å²) in [6.45, 7) is 7.21. The molecule has 0 bridgehead atoms. The second kappa shape index (κ2) is 7.88. The lowest BCUT2D eigenvalue weighted by Crippen LogP contribution is -2.25.